The molecule has 2 nitrogen and oxygen atoms in total. The zero-order chi connectivity index (χ0) is 15.0. The standard InChI is InChI=1S/C20H21NO/c1-22-16-8-6-7-15(13-16)14-20-12-5-4-11-19(20)21-18-10-3-2-9-17(18)20/h2-3,6-10,13H,4-5,11-12,14H2,1H3/t20-/m1/s1. The van der Waals surface area contributed by atoms with Crippen LogP contribution < -0.4 is 4.74 Å². The highest BCUT2D eigenvalue weighted by atomic mass is 16.5. The zero-order valence-corrected chi connectivity index (χ0v) is 13.0. The van der Waals surface area contributed by atoms with E-state index >= 15 is 0 Å². The molecule has 0 aromatic heterocycles. The largest absolute Gasteiger partial charge is 0.497 e. The highest BCUT2D eigenvalue weighted by molar-refractivity contribution is 6.02. The van der Waals surface area contributed by atoms with Crippen LogP contribution in [0.25, 0.3) is 0 Å². The number of benzene rings is 2. The van der Waals surface area contributed by atoms with Crippen molar-refractivity contribution in [1.82, 2.24) is 0 Å². The van der Waals surface area contributed by atoms with Crippen LogP contribution in [0.3, 0.4) is 0 Å². The Hall–Kier alpha value is -2.09. The third-order valence-electron chi connectivity index (χ3n) is 5.13. The molecule has 1 saturated carbocycles. The van der Waals surface area contributed by atoms with Gasteiger partial charge in [0.25, 0.3) is 0 Å². The minimum absolute atomic E-state index is 0.112. The van der Waals surface area contributed by atoms with Crippen LogP contribution in [0.15, 0.2) is 53.5 Å². The second-order valence-electron chi connectivity index (χ2n) is 6.39. The summed E-state index contributed by atoms with van der Waals surface area (Å²) in [6, 6.07) is 17.2. The van der Waals surface area contributed by atoms with Gasteiger partial charge in [-0.05, 0) is 55.0 Å². The van der Waals surface area contributed by atoms with E-state index in [0.717, 1.165) is 18.6 Å². The molecule has 1 atom stereocenters. The predicted molar refractivity (Wildman–Crippen MR) is 90.4 cm³/mol. The van der Waals surface area contributed by atoms with Crippen molar-refractivity contribution in [1.29, 1.82) is 0 Å². The van der Waals surface area contributed by atoms with E-state index in [9.17, 15) is 0 Å². The first kappa shape index (κ1) is 13.6. The Balaban J connectivity index is 1.78. The number of hydrogen-bond donors (Lipinski definition) is 0. The Morgan fingerprint density at radius 1 is 1.09 bits per heavy atom. The minimum atomic E-state index is 0.112. The maximum absolute atomic E-state index is 5.39. The average Bonchev–Trinajstić information content (AvgIpc) is 2.89. The lowest BCUT2D eigenvalue weighted by molar-refractivity contribution is 0.412. The average molecular weight is 291 g/mol. The number of para-hydroxylation sites is 1. The van der Waals surface area contributed by atoms with Gasteiger partial charge in [-0.15, -0.1) is 0 Å². The van der Waals surface area contributed by atoms with Crippen molar-refractivity contribution in [3.8, 4) is 5.75 Å². The second-order valence-corrected chi connectivity index (χ2v) is 6.39. The molecule has 0 N–H and O–H groups in total. The maximum Gasteiger partial charge on any atom is 0.119 e. The number of hydrogen-bond acceptors (Lipinski definition) is 2. The van der Waals surface area contributed by atoms with Crippen molar-refractivity contribution in [3.05, 3.63) is 59.7 Å². The molecule has 0 unspecified atom stereocenters. The number of ether oxygens (including phenoxy) is 1. The molecule has 0 saturated heterocycles. The first-order chi connectivity index (χ1) is 10.8. The maximum atomic E-state index is 5.39. The summed E-state index contributed by atoms with van der Waals surface area (Å²) in [5, 5.41) is 0. The van der Waals surface area contributed by atoms with E-state index < -0.39 is 0 Å². The van der Waals surface area contributed by atoms with Crippen molar-refractivity contribution >= 4 is 11.4 Å². The van der Waals surface area contributed by atoms with Crippen LogP contribution in [0.2, 0.25) is 0 Å². The fourth-order valence-electron chi connectivity index (χ4n) is 4.09. The molecule has 1 aliphatic heterocycles. The Morgan fingerprint density at radius 3 is 2.91 bits per heavy atom. The quantitative estimate of drug-likeness (QED) is 0.793. The van der Waals surface area contributed by atoms with Crippen molar-refractivity contribution in [2.75, 3.05) is 7.11 Å². The van der Waals surface area contributed by atoms with Crippen LogP contribution in [-0.4, -0.2) is 12.8 Å². The van der Waals surface area contributed by atoms with Gasteiger partial charge in [0.15, 0.2) is 0 Å². The summed E-state index contributed by atoms with van der Waals surface area (Å²) in [5.74, 6) is 0.939. The van der Waals surface area contributed by atoms with E-state index in [0.29, 0.717) is 0 Å². The van der Waals surface area contributed by atoms with Gasteiger partial charge in [0.2, 0.25) is 0 Å². The molecule has 1 aliphatic carbocycles. The van der Waals surface area contributed by atoms with Crippen molar-refractivity contribution < 1.29 is 4.74 Å². The monoisotopic (exact) mass is 291 g/mol. The number of nitrogens with zero attached hydrogens (tertiary/aromatic N) is 1. The fourth-order valence-corrected chi connectivity index (χ4v) is 4.09. The lowest BCUT2D eigenvalue weighted by Crippen LogP contribution is -2.38. The first-order valence-electron chi connectivity index (χ1n) is 8.12. The molecule has 2 heteroatoms. The zero-order valence-electron chi connectivity index (χ0n) is 13.0. The predicted octanol–water partition coefficient (Wildman–Crippen LogP) is 4.84. The van der Waals surface area contributed by atoms with Crippen molar-refractivity contribution in [2.45, 2.75) is 37.5 Å². The highest BCUT2D eigenvalue weighted by Crippen LogP contribution is 2.49. The summed E-state index contributed by atoms with van der Waals surface area (Å²) in [6.07, 6.45) is 5.93. The Kier molecular flexibility index (Phi) is 3.25. The summed E-state index contributed by atoms with van der Waals surface area (Å²) in [6.45, 7) is 0. The first-order valence-corrected chi connectivity index (χ1v) is 8.12. The molecular formula is C20H21NO. The molecule has 0 radical (unpaired) electrons. The van der Waals surface area contributed by atoms with E-state index in [2.05, 4.69) is 42.5 Å². The van der Waals surface area contributed by atoms with Gasteiger partial charge in [-0.1, -0.05) is 36.8 Å². The number of rotatable bonds is 3. The van der Waals surface area contributed by atoms with Crippen LogP contribution in [0.1, 0.15) is 36.8 Å². The SMILES string of the molecule is COc1cccc(C[C@@]23CCCCC2=Nc2ccccc23)c1. The summed E-state index contributed by atoms with van der Waals surface area (Å²) >= 11 is 0. The van der Waals surface area contributed by atoms with Gasteiger partial charge < -0.3 is 4.74 Å². The molecule has 112 valence electrons. The summed E-state index contributed by atoms with van der Waals surface area (Å²) in [4.78, 5) is 4.97. The Labute approximate surface area is 131 Å². The van der Waals surface area contributed by atoms with E-state index in [-0.39, 0.29) is 5.41 Å². The Bertz CT molecular complexity index is 734. The number of methoxy groups -OCH3 is 1. The lowest BCUT2D eigenvalue weighted by Gasteiger charge is -2.36. The molecule has 2 aromatic carbocycles. The van der Waals surface area contributed by atoms with Crippen molar-refractivity contribution in [3.63, 3.8) is 0 Å². The summed E-state index contributed by atoms with van der Waals surface area (Å²) < 4.78 is 5.39. The Morgan fingerprint density at radius 2 is 2.00 bits per heavy atom. The molecule has 0 amide bonds. The van der Waals surface area contributed by atoms with Crippen LogP contribution in [0, 0.1) is 0 Å². The van der Waals surface area contributed by atoms with Gasteiger partial charge in [0, 0.05) is 11.1 Å². The molecule has 0 spiro atoms. The number of fused-ring (bicyclic) bond motifs is 3. The third kappa shape index (κ3) is 2.06. The van der Waals surface area contributed by atoms with Crippen LogP contribution >= 0.6 is 0 Å². The summed E-state index contributed by atoms with van der Waals surface area (Å²) in [5.41, 5.74) is 5.45. The molecular weight excluding hydrogens is 270 g/mol. The van der Waals surface area contributed by atoms with Crippen LogP contribution in [0.4, 0.5) is 5.69 Å². The molecule has 2 aromatic rings. The molecule has 22 heavy (non-hydrogen) atoms. The summed E-state index contributed by atoms with van der Waals surface area (Å²) in [7, 11) is 1.73. The van der Waals surface area contributed by atoms with Crippen LogP contribution in [0.5, 0.6) is 5.75 Å². The molecule has 1 heterocycles. The molecule has 1 fully saturated rings. The van der Waals surface area contributed by atoms with Gasteiger partial charge in [0.1, 0.15) is 5.75 Å². The van der Waals surface area contributed by atoms with Gasteiger partial charge in [-0.25, -0.2) is 0 Å². The molecule has 4 rings (SSSR count). The van der Waals surface area contributed by atoms with Crippen molar-refractivity contribution in [2.24, 2.45) is 4.99 Å². The normalized spacial score (nSPS) is 22.7. The highest BCUT2D eigenvalue weighted by Gasteiger charge is 2.44. The van der Waals surface area contributed by atoms with Crippen LogP contribution in [-0.2, 0) is 11.8 Å². The van der Waals surface area contributed by atoms with E-state index in [1.165, 1.54) is 41.8 Å². The van der Waals surface area contributed by atoms with Gasteiger partial charge >= 0.3 is 0 Å². The van der Waals surface area contributed by atoms with Gasteiger partial charge in [0.05, 0.1) is 12.8 Å². The van der Waals surface area contributed by atoms with E-state index in [1.54, 1.807) is 7.11 Å². The topological polar surface area (TPSA) is 21.6 Å². The fraction of sp³-hybridized carbons (Fsp3) is 0.350. The molecule has 2 aliphatic rings. The van der Waals surface area contributed by atoms with Gasteiger partial charge in [-0.2, -0.15) is 0 Å². The second kappa shape index (κ2) is 5.28. The van der Waals surface area contributed by atoms with E-state index in [4.69, 9.17) is 9.73 Å². The number of aliphatic imine (C=N–C) groups is 1. The smallest absolute Gasteiger partial charge is 0.119 e. The lowest BCUT2D eigenvalue weighted by atomic mass is 9.66. The minimum Gasteiger partial charge on any atom is -0.497 e. The third-order valence-corrected chi connectivity index (χ3v) is 5.13. The molecule has 0 bridgehead atoms. The van der Waals surface area contributed by atoms with Gasteiger partial charge in [-0.3, -0.25) is 4.99 Å². The van der Waals surface area contributed by atoms with E-state index in [1.807, 2.05) is 6.07 Å².